The number of hydrogen-bond donors (Lipinski definition) is 0. The second-order valence-electron chi connectivity index (χ2n) is 7.05. The Labute approximate surface area is 200 Å². The van der Waals surface area contributed by atoms with E-state index in [-0.39, 0.29) is 37.4 Å². The van der Waals surface area contributed by atoms with Crippen LogP contribution in [0.4, 0.5) is 5.69 Å². The van der Waals surface area contributed by atoms with Crippen molar-refractivity contribution in [1.82, 2.24) is 9.21 Å². The summed E-state index contributed by atoms with van der Waals surface area (Å²) in [5.74, 6) is -0.395. The van der Waals surface area contributed by atoms with Crippen molar-refractivity contribution in [3.8, 4) is 0 Å². The van der Waals surface area contributed by atoms with Gasteiger partial charge in [0.25, 0.3) is 11.6 Å². The first-order valence-corrected chi connectivity index (χ1v) is 12.7. The summed E-state index contributed by atoms with van der Waals surface area (Å²) < 4.78 is 24.6. The van der Waals surface area contributed by atoms with Gasteiger partial charge in [-0.3, -0.25) is 14.9 Å². The zero-order chi connectivity index (χ0) is 23.6. The highest BCUT2D eigenvalue weighted by molar-refractivity contribution is 7.99. The highest BCUT2D eigenvalue weighted by Gasteiger charge is 2.28. The topological polar surface area (TPSA) is 101 Å². The molecule has 0 atom stereocenters. The molecule has 0 saturated carbocycles. The largest absolute Gasteiger partial charge is 0.336 e. The van der Waals surface area contributed by atoms with Gasteiger partial charge in [0.2, 0.25) is 10.0 Å². The molecule has 8 nitrogen and oxygen atoms in total. The fraction of sp³-hybridized carbons (Fsp3) is 0.250. The van der Waals surface area contributed by atoms with Crippen LogP contribution in [-0.4, -0.2) is 60.9 Å². The van der Waals surface area contributed by atoms with Crippen molar-refractivity contribution >= 4 is 62.2 Å². The molecule has 32 heavy (non-hydrogen) atoms. The van der Waals surface area contributed by atoms with E-state index in [2.05, 4.69) is 6.58 Å². The molecule has 1 fully saturated rings. The quantitative estimate of drug-likeness (QED) is 0.325. The molecular formula is C20H19Cl2N3O5S2. The van der Waals surface area contributed by atoms with E-state index < -0.39 is 20.9 Å². The minimum absolute atomic E-state index is 0.0991. The molecule has 1 aliphatic heterocycles. The van der Waals surface area contributed by atoms with Crippen LogP contribution >= 0.6 is 35.0 Å². The van der Waals surface area contributed by atoms with Gasteiger partial charge in [0.15, 0.2) is 0 Å². The van der Waals surface area contributed by atoms with E-state index in [1.807, 2.05) is 0 Å². The lowest BCUT2D eigenvalue weighted by Crippen LogP contribution is -2.50. The Morgan fingerprint density at radius 3 is 2.28 bits per heavy atom. The summed E-state index contributed by atoms with van der Waals surface area (Å²) in [4.78, 5) is 26.4. The molecule has 0 N–H and O–H groups in total. The summed E-state index contributed by atoms with van der Waals surface area (Å²) in [6.07, 6.45) is 1.12. The molecule has 0 radical (unpaired) electrons. The van der Waals surface area contributed by atoms with E-state index in [9.17, 15) is 23.3 Å². The SMILES string of the molecule is C=C(C(=O)N1CCN(S(C)(=O)=O)CC1)c1ccc(Sc2ccc(Cl)cc2Cl)c([N+](=O)[O-])c1. The van der Waals surface area contributed by atoms with Crippen molar-refractivity contribution < 1.29 is 18.1 Å². The molecule has 1 heterocycles. The van der Waals surface area contributed by atoms with Crippen LogP contribution < -0.4 is 0 Å². The van der Waals surface area contributed by atoms with Gasteiger partial charge in [-0.25, -0.2) is 8.42 Å². The normalized spacial score (nSPS) is 14.9. The first kappa shape index (κ1) is 24.5. The zero-order valence-electron chi connectivity index (χ0n) is 17.0. The van der Waals surface area contributed by atoms with Gasteiger partial charge in [-0.15, -0.1) is 0 Å². The maximum absolute atomic E-state index is 12.8. The number of carbonyl (C=O) groups excluding carboxylic acids is 1. The molecule has 12 heteroatoms. The van der Waals surface area contributed by atoms with Gasteiger partial charge in [-0.1, -0.05) is 47.6 Å². The second kappa shape index (κ2) is 9.80. The maximum atomic E-state index is 12.8. The van der Waals surface area contributed by atoms with Crippen molar-refractivity contribution in [3.05, 3.63) is 68.7 Å². The van der Waals surface area contributed by atoms with Crippen molar-refractivity contribution in [2.75, 3.05) is 32.4 Å². The van der Waals surface area contributed by atoms with Crippen LogP contribution in [0, 0.1) is 10.1 Å². The van der Waals surface area contributed by atoms with Crippen LogP contribution in [0.2, 0.25) is 10.0 Å². The van der Waals surface area contributed by atoms with E-state index in [4.69, 9.17) is 23.2 Å². The first-order chi connectivity index (χ1) is 15.0. The number of halogens is 2. The van der Waals surface area contributed by atoms with Crippen LogP contribution in [0.3, 0.4) is 0 Å². The lowest BCUT2D eigenvalue weighted by molar-refractivity contribution is -0.387. The van der Waals surface area contributed by atoms with Gasteiger partial charge in [0.05, 0.1) is 21.1 Å². The third-order valence-corrected chi connectivity index (χ3v) is 7.98. The molecule has 1 aliphatic rings. The second-order valence-corrected chi connectivity index (χ2v) is 11.0. The number of amides is 1. The lowest BCUT2D eigenvalue weighted by Gasteiger charge is -2.33. The van der Waals surface area contributed by atoms with E-state index >= 15 is 0 Å². The number of nitro benzene ring substituents is 1. The zero-order valence-corrected chi connectivity index (χ0v) is 20.1. The molecule has 0 bridgehead atoms. The number of piperazine rings is 1. The molecule has 2 aromatic rings. The van der Waals surface area contributed by atoms with Gasteiger partial charge in [-0.05, 0) is 29.8 Å². The fourth-order valence-corrected chi connectivity index (χ4v) is 5.40. The summed E-state index contributed by atoms with van der Waals surface area (Å²) in [5, 5.41) is 12.5. The molecule has 170 valence electrons. The number of hydrogen-bond acceptors (Lipinski definition) is 6. The van der Waals surface area contributed by atoms with Crippen LogP contribution in [0.1, 0.15) is 5.56 Å². The minimum atomic E-state index is -3.32. The number of nitrogens with zero attached hydrogens (tertiary/aromatic N) is 3. The Morgan fingerprint density at radius 2 is 1.72 bits per heavy atom. The number of benzene rings is 2. The monoisotopic (exact) mass is 515 g/mol. The van der Waals surface area contributed by atoms with E-state index in [1.165, 1.54) is 15.3 Å². The van der Waals surface area contributed by atoms with E-state index in [0.717, 1.165) is 18.0 Å². The molecule has 3 rings (SSSR count). The van der Waals surface area contributed by atoms with Gasteiger partial charge < -0.3 is 4.90 Å². The van der Waals surface area contributed by atoms with E-state index in [1.54, 1.807) is 30.3 Å². The summed E-state index contributed by atoms with van der Waals surface area (Å²) in [7, 11) is -3.32. The fourth-order valence-electron chi connectivity index (χ4n) is 3.15. The average molecular weight is 516 g/mol. The Balaban J connectivity index is 1.79. The molecular weight excluding hydrogens is 497 g/mol. The maximum Gasteiger partial charge on any atom is 0.283 e. The Morgan fingerprint density at radius 1 is 1.09 bits per heavy atom. The van der Waals surface area contributed by atoms with Crippen LogP contribution in [0.25, 0.3) is 5.57 Å². The Bertz CT molecular complexity index is 1200. The number of carbonyl (C=O) groups is 1. The molecule has 1 amide bonds. The molecule has 0 aliphatic carbocycles. The van der Waals surface area contributed by atoms with Crippen molar-refractivity contribution in [3.63, 3.8) is 0 Å². The van der Waals surface area contributed by atoms with Crippen molar-refractivity contribution in [1.29, 1.82) is 0 Å². The molecule has 2 aromatic carbocycles. The van der Waals surface area contributed by atoms with Gasteiger partial charge in [0.1, 0.15) is 0 Å². The molecule has 0 aromatic heterocycles. The summed E-state index contributed by atoms with van der Waals surface area (Å²) in [6.45, 7) is 4.63. The molecule has 0 unspecified atom stereocenters. The summed E-state index contributed by atoms with van der Waals surface area (Å²) in [5.41, 5.74) is 0.232. The third kappa shape index (κ3) is 5.62. The number of nitro groups is 1. The Kier molecular flexibility index (Phi) is 7.51. The number of rotatable bonds is 6. The standard InChI is InChI=1S/C20H19Cl2N3O5S2/c1-13(20(26)23-7-9-24(10-8-23)32(2,29)30)14-3-5-19(17(11-14)25(27)28)31-18-6-4-15(21)12-16(18)22/h3-6,11-12H,1,7-10H2,2H3. The van der Waals surface area contributed by atoms with E-state index in [0.29, 0.717) is 25.4 Å². The minimum Gasteiger partial charge on any atom is -0.336 e. The predicted molar refractivity (Wildman–Crippen MR) is 126 cm³/mol. The highest BCUT2D eigenvalue weighted by Crippen LogP contribution is 2.40. The first-order valence-electron chi connectivity index (χ1n) is 9.32. The lowest BCUT2D eigenvalue weighted by atomic mass is 10.1. The average Bonchev–Trinajstić information content (AvgIpc) is 2.74. The van der Waals surface area contributed by atoms with Crippen LogP contribution in [0.5, 0.6) is 0 Å². The van der Waals surface area contributed by atoms with Gasteiger partial charge >= 0.3 is 0 Å². The summed E-state index contributed by atoms with van der Waals surface area (Å²) >= 11 is 13.2. The third-order valence-electron chi connectivity index (χ3n) is 4.87. The Hall–Kier alpha value is -2.11. The smallest absolute Gasteiger partial charge is 0.283 e. The summed E-state index contributed by atoms with van der Waals surface area (Å²) in [6, 6.07) is 9.30. The van der Waals surface area contributed by atoms with Crippen LogP contribution in [-0.2, 0) is 14.8 Å². The predicted octanol–water partition coefficient (Wildman–Crippen LogP) is 4.17. The van der Waals surface area contributed by atoms with Crippen LogP contribution in [0.15, 0.2) is 52.8 Å². The van der Waals surface area contributed by atoms with Gasteiger partial charge in [0, 0.05) is 47.7 Å². The number of sulfonamides is 1. The highest BCUT2D eigenvalue weighted by atomic mass is 35.5. The molecule has 1 saturated heterocycles. The molecule has 0 spiro atoms. The van der Waals surface area contributed by atoms with Crippen molar-refractivity contribution in [2.24, 2.45) is 0 Å². The van der Waals surface area contributed by atoms with Crippen molar-refractivity contribution in [2.45, 2.75) is 9.79 Å². The van der Waals surface area contributed by atoms with Gasteiger partial charge in [-0.2, -0.15) is 4.31 Å².